The van der Waals surface area contributed by atoms with Crippen LogP contribution in [0, 0.1) is 34.5 Å². The molecule has 4 unspecified atom stereocenters. The monoisotopic (exact) mass is 344 g/mol. The fourth-order valence-corrected chi connectivity index (χ4v) is 7.58. The molecule has 0 bridgehead atoms. The van der Waals surface area contributed by atoms with Crippen LogP contribution in [0.15, 0.2) is 11.6 Å². The normalized spacial score (nSPS) is 52.0. The minimum Gasteiger partial charge on any atom is -0.382 e. The molecule has 3 fully saturated rings. The summed E-state index contributed by atoms with van der Waals surface area (Å²) >= 11 is 0. The third-order valence-electron chi connectivity index (χ3n) is 9.01. The van der Waals surface area contributed by atoms with E-state index in [1.54, 1.807) is 6.92 Å². The number of carbonyl (C=O) groups is 2. The lowest BCUT2D eigenvalue weighted by Gasteiger charge is -2.60. The molecular weight excluding hydrogens is 312 g/mol. The van der Waals surface area contributed by atoms with Crippen molar-refractivity contribution >= 4 is 11.6 Å². The van der Waals surface area contributed by atoms with Crippen molar-refractivity contribution < 1.29 is 14.7 Å². The van der Waals surface area contributed by atoms with Crippen molar-refractivity contribution in [3.05, 3.63) is 11.6 Å². The third kappa shape index (κ3) is 2.08. The first-order chi connectivity index (χ1) is 11.6. The van der Waals surface area contributed by atoms with E-state index < -0.39 is 5.60 Å². The lowest BCUT2D eigenvalue weighted by atomic mass is 9.45. The highest BCUT2D eigenvalue weighted by molar-refractivity contribution is 5.91. The molecule has 0 amide bonds. The Bertz CT molecular complexity index is 664. The summed E-state index contributed by atoms with van der Waals surface area (Å²) in [6.45, 7) is 8.40. The first-order valence-electron chi connectivity index (χ1n) is 10.1. The quantitative estimate of drug-likeness (QED) is 0.779. The van der Waals surface area contributed by atoms with Gasteiger partial charge in [-0.1, -0.05) is 26.3 Å². The third-order valence-corrected chi connectivity index (χ3v) is 9.01. The maximum Gasteiger partial charge on any atom is 0.161 e. The fraction of sp³-hybridized carbons (Fsp3) is 0.818. The predicted octanol–water partition coefficient (Wildman–Crippen LogP) is 4.08. The van der Waals surface area contributed by atoms with E-state index in [4.69, 9.17) is 0 Å². The lowest BCUT2D eigenvalue weighted by molar-refractivity contribution is -0.161. The Hall–Kier alpha value is -0.960. The van der Waals surface area contributed by atoms with E-state index in [2.05, 4.69) is 20.8 Å². The molecule has 3 saturated carbocycles. The van der Waals surface area contributed by atoms with Gasteiger partial charge >= 0.3 is 0 Å². The second-order valence-corrected chi connectivity index (χ2v) is 9.91. The van der Waals surface area contributed by atoms with Gasteiger partial charge in [0.25, 0.3) is 0 Å². The molecule has 3 heteroatoms. The molecule has 3 nitrogen and oxygen atoms in total. The summed E-state index contributed by atoms with van der Waals surface area (Å²) in [6.07, 6.45) is 8.31. The molecule has 25 heavy (non-hydrogen) atoms. The molecule has 0 aromatic heterocycles. The number of hydrogen-bond acceptors (Lipinski definition) is 3. The van der Waals surface area contributed by atoms with Crippen LogP contribution < -0.4 is 0 Å². The van der Waals surface area contributed by atoms with Crippen molar-refractivity contribution in [3.8, 4) is 0 Å². The van der Waals surface area contributed by atoms with E-state index >= 15 is 0 Å². The Morgan fingerprint density at radius 2 is 1.84 bits per heavy atom. The van der Waals surface area contributed by atoms with E-state index in [0.29, 0.717) is 42.3 Å². The Labute approximate surface area is 151 Å². The van der Waals surface area contributed by atoms with Gasteiger partial charge in [-0.25, -0.2) is 0 Å². The van der Waals surface area contributed by atoms with E-state index in [1.807, 2.05) is 6.08 Å². The number of ketones is 2. The number of aliphatic hydroxyl groups is 1. The number of carbonyl (C=O) groups excluding carboxylic acids is 2. The van der Waals surface area contributed by atoms with E-state index in [-0.39, 0.29) is 16.6 Å². The van der Waals surface area contributed by atoms with Gasteiger partial charge in [0.1, 0.15) is 5.60 Å². The zero-order chi connectivity index (χ0) is 18.2. The molecule has 0 radical (unpaired) electrons. The first kappa shape index (κ1) is 17.5. The number of hydrogen-bond donors (Lipinski definition) is 1. The van der Waals surface area contributed by atoms with Gasteiger partial charge in [-0.15, -0.1) is 0 Å². The number of Topliss-reactive ketones (excluding diaryl/α,β-unsaturated/α-hetero) is 1. The molecule has 7 atom stereocenters. The van der Waals surface area contributed by atoms with Crippen molar-refractivity contribution in [1.82, 2.24) is 0 Å². The number of rotatable bonds is 1. The summed E-state index contributed by atoms with van der Waals surface area (Å²) in [5.41, 5.74) is 0.107. The van der Waals surface area contributed by atoms with Gasteiger partial charge in [-0.3, -0.25) is 9.59 Å². The molecule has 138 valence electrons. The molecule has 0 spiro atoms. The SMILES string of the molecule is CC(=O)[C@@]1(O)CCC2C3CC(C)C4=CC(=O)CC[C@]4(C)C3CC[C@@]21C. The Balaban J connectivity index is 1.73. The van der Waals surface area contributed by atoms with Gasteiger partial charge in [0, 0.05) is 11.8 Å². The van der Waals surface area contributed by atoms with E-state index in [0.717, 1.165) is 32.1 Å². The molecular formula is C22H32O3. The minimum absolute atomic E-state index is 0.0464. The molecule has 4 aliphatic rings. The Morgan fingerprint density at radius 1 is 1.16 bits per heavy atom. The molecule has 0 saturated heterocycles. The summed E-state index contributed by atoms with van der Waals surface area (Å²) in [5.74, 6) is 2.27. The molecule has 4 aliphatic carbocycles. The van der Waals surface area contributed by atoms with Crippen molar-refractivity contribution in [3.63, 3.8) is 0 Å². The second kappa shape index (κ2) is 5.28. The average Bonchev–Trinajstić information content (AvgIpc) is 2.83. The van der Waals surface area contributed by atoms with Gasteiger partial charge < -0.3 is 5.11 Å². The van der Waals surface area contributed by atoms with Crippen molar-refractivity contribution in [2.45, 2.75) is 78.2 Å². The fourth-order valence-electron chi connectivity index (χ4n) is 7.58. The van der Waals surface area contributed by atoms with Crippen LogP contribution in [-0.2, 0) is 9.59 Å². The van der Waals surface area contributed by atoms with Gasteiger partial charge in [-0.05, 0) is 80.6 Å². The molecule has 0 aromatic carbocycles. The maximum atomic E-state index is 12.3. The highest BCUT2D eigenvalue weighted by Gasteiger charge is 2.66. The van der Waals surface area contributed by atoms with E-state index in [9.17, 15) is 14.7 Å². The zero-order valence-electron chi connectivity index (χ0n) is 16.1. The van der Waals surface area contributed by atoms with Crippen LogP contribution >= 0.6 is 0 Å². The Morgan fingerprint density at radius 3 is 2.52 bits per heavy atom. The standard InChI is InChI=1S/C22H32O3/c1-13-11-16-17(20(3)8-5-15(24)12-19(13)20)6-9-21(4)18(16)7-10-22(21,25)14(2)23/h12-13,16-18,25H,5-11H2,1-4H3/t13?,16?,17?,18?,20-,21+,22+/m1/s1. The Kier molecular flexibility index (Phi) is 3.69. The van der Waals surface area contributed by atoms with Crippen LogP contribution in [0.25, 0.3) is 0 Å². The van der Waals surface area contributed by atoms with Crippen molar-refractivity contribution in [2.24, 2.45) is 34.5 Å². The van der Waals surface area contributed by atoms with Crippen LogP contribution in [0.1, 0.15) is 72.6 Å². The molecule has 0 aliphatic heterocycles. The zero-order valence-corrected chi connectivity index (χ0v) is 16.1. The highest BCUT2D eigenvalue weighted by atomic mass is 16.3. The van der Waals surface area contributed by atoms with Crippen LogP contribution in [0.3, 0.4) is 0 Å². The largest absolute Gasteiger partial charge is 0.382 e. The van der Waals surface area contributed by atoms with Crippen LogP contribution in [0.4, 0.5) is 0 Å². The highest BCUT2D eigenvalue weighted by Crippen LogP contribution is 2.68. The first-order valence-corrected chi connectivity index (χ1v) is 10.1. The molecule has 0 heterocycles. The summed E-state index contributed by atoms with van der Waals surface area (Å²) in [7, 11) is 0. The number of fused-ring (bicyclic) bond motifs is 5. The van der Waals surface area contributed by atoms with Gasteiger partial charge in [0.2, 0.25) is 0 Å². The van der Waals surface area contributed by atoms with Crippen LogP contribution in [0.2, 0.25) is 0 Å². The van der Waals surface area contributed by atoms with Crippen LogP contribution in [0.5, 0.6) is 0 Å². The summed E-state index contributed by atoms with van der Waals surface area (Å²) in [5, 5.41) is 11.2. The smallest absolute Gasteiger partial charge is 0.161 e. The molecule has 4 rings (SSSR count). The topological polar surface area (TPSA) is 54.4 Å². The summed E-state index contributed by atoms with van der Waals surface area (Å²) in [6, 6.07) is 0. The van der Waals surface area contributed by atoms with E-state index in [1.165, 1.54) is 5.57 Å². The maximum absolute atomic E-state index is 12.3. The van der Waals surface area contributed by atoms with Crippen molar-refractivity contribution in [1.29, 1.82) is 0 Å². The minimum atomic E-state index is -1.13. The molecule has 1 N–H and O–H groups in total. The number of allylic oxidation sites excluding steroid dienone is 1. The second-order valence-electron chi connectivity index (χ2n) is 9.91. The summed E-state index contributed by atoms with van der Waals surface area (Å²) in [4.78, 5) is 24.3. The van der Waals surface area contributed by atoms with Gasteiger partial charge in [-0.2, -0.15) is 0 Å². The van der Waals surface area contributed by atoms with Crippen molar-refractivity contribution in [2.75, 3.05) is 0 Å². The lowest BCUT2D eigenvalue weighted by Crippen LogP contribution is -2.57. The predicted molar refractivity (Wildman–Crippen MR) is 96.9 cm³/mol. The summed E-state index contributed by atoms with van der Waals surface area (Å²) < 4.78 is 0. The van der Waals surface area contributed by atoms with Gasteiger partial charge in [0.15, 0.2) is 11.6 Å². The van der Waals surface area contributed by atoms with Gasteiger partial charge in [0.05, 0.1) is 0 Å². The molecule has 0 aromatic rings. The average molecular weight is 344 g/mol. The van der Waals surface area contributed by atoms with Crippen LogP contribution in [-0.4, -0.2) is 22.3 Å².